The van der Waals surface area contributed by atoms with Gasteiger partial charge in [-0.15, -0.1) is 0 Å². The number of benzene rings is 4. The Morgan fingerprint density at radius 1 is 0.854 bits per heavy atom. The maximum Gasteiger partial charge on any atom is 0.271 e. The number of nitrogens with zero attached hydrogens (tertiary/aromatic N) is 2. The summed E-state index contributed by atoms with van der Waals surface area (Å²) in [5.74, 6) is -0.268. The molecule has 0 aromatic heterocycles. The van der Waals surface area contributed by atoms with E-state index >= 15 is 0 Å². The van der Waals surface area contributed by atoms with Gasteiger partial charge in [-0.3, -0.25) is 14.5 Å². The number of amides is 2. The van der Waals surface area contributed by atoms with Crippen LogP contribution in [-0.2, 0) is 9.59 Å². The molecule has 41 heavy (non-hydrogen) atoms. The molecular formula is C30H19Cl4N3O3S. The van der Waals surface area contributed by atoms with Crippen LogP contribution in [0, 0.1) is 0 Å². The summed E-state index contributed by atoms with van der Waals surface area (Å²) < 4.78 is 5.61. The summed E-state index contributed by atoms with van der Waals surface area (Å²) in [4.78, 5) is 32.5. The van der Waals surface area contributed by atoms with Crippen LogP contribution in [0.1, 0.15) is 5.56 Å². The molecule has 1 heterocycles. The molecule has 5 rings (SSSR count). The van der Waals surface area contributed by atoms with E-state index in [-0.39, 0.29) is 18.4 Å². The summed E-state index contributed by atoms with van der Waals surface area (Å²) in [6, 6.07) is 25.8. The monoisotopic (exact) mass is 641 g/mol. The van der Waals surface area contributed by atoms with Crippen molar-refractivity contribution in [2.45, 2.75) is 0 Å². The molecule has 0 spiro atoms. The zero-order valence-electron chi connectivity index (χ0n) is 21.0. The predicted molar refractivity (Wildman–Crippen MR) is 170 cm³/mol. The first-order chi connectivity index (χ1) is 19.7. The molecule has 206 valence electrons. The standard InChI is InChI=1S/C30H19Cl4N3O3S/c31-19-2-8-22(9-3-19)35-28(38)17-40-26-14-1-18(15-25(26)34)16-27-29(39)37(24-12-6-21(33)7-13-24)30(41-27)36-23-10-4-20(32)5-11-23/h1-16H,17H2,(H,35,38)/b27-16-,36-30?. The molecule has 11 heteroatoms. The number of carbonyl (C=O) groups excluding carboxylic acids is 2. The van der Waals surface area contributed by atoms with Crippen LogP contribution in [0.25, 0.3) is 6.08 Å². The molecule has 2 amide bonds. The highest BCUT2D eigenvalue weighted by atomic mass is 35.5. The Kier molecular flexibility index (Phi) is 9.22. The number of anilines is 2. The molecule has 0 bridgehead atoms. The topological polar surface area (TPSA) is 71.0 Å². The van der Waals surface area contributed by atoms with Crippen LogP contribution < -0.4 is 15.0 Å². The minimum Gasteiger partial charge on any atom is -0.482 e. The van der Waals surface area contributed by atoms with E-state index in [0.717, 1.165) is 0 Å². The second kappa shape index (κ2) is 13.0. The van der Waals surface area contributed by atoms with Crippen molar-refractivity contribution in [3.05, 3.63) is 122 Å². The smallest absolute Gasteiger partial charge is 0.271 e. The first-order valence-electron chi connectivity index (χ1n) is 12.1. The second-order valence-corrected chi connectivity index (χ2v) is 11.4. The SMILES string of the molecule is O=C(COc1ccc(/C=C2\SC(=Nc3ccc(Cl)cc3)N(c3ccc(Cl)cc3)C2=O)cc1Cl)Nc1ccc(Cl)cc1. The summed E-state index contributed by atoms with van der Waals surface area (Å²) in [5, 5.41) is 5.20. The van der Waals surface area contributed by atoms with Gasteiger partial charge in [-0.25, -0.2) is 4.99 Å². The predicted octanol–water partition coefficient (Wildman–Crippen LogP) is 9.13. The van der Waals surface area contributed by atoms with Crippen LogP contribution in [0.15, 0.2) is 101 Å². The van der Waals surface area contributed by atoms with E-state index in [1.165, 1.54) is 16.7 Å². The molecule has 0 saturated carbocycles. The van der Waals surface area contributed by atoms with Gasteiger partial charge in [-0.2, -0.15) is 0 Å². The third-order valence-electron chi connectivity index (χ3n) is 5.68. The summed E-state index contributed by atoms with van der Waals surface area (Å²) in [6.07, 6.45) is 1.73. The van der Waals surface area contributed by atoms with Crippen molar-refractivity contribution in [1.29, 1.82) is 0 Å². The highest BCUT2D eigenvalue weighted by Crippen LogP contribution is 2.38. The molecule has 1 saturated heterocycles. The highest BCUT2D eigenvalue weighted by Gasteiger charge is 2.34. The Hall–Kier alpha value is -3.46. The minimum atomic E-state index is -0.350. The number of carbonyl (C=O) groups is 2. The van der Waals surface area contributed by atoms with Crippen molar-refractivity contribution < 1.29 is 14.3 Å². The fourth-order valence-electron chi connectivity index (χ4n) is 3.74. The van der Waals surface area contributed by atoms with Crippen LogP contribution in [0.3, 0.4) is 0 Å². The van der Waals surface area contributed by atoms with Crippen molar-refractivity contribution >= 4 is 98.3 Å². The summed E-state index contributed by atoms with van der Waals surface area (Å²) in [6.45, 7) is -0.238. The van der Waals surface area contributed by atoms with Gasteiger partial charge in [0.25, 0.3) is 11.8 Å². The third kappa shape index (κ3) is 7.44. The molecule has 6 nitrogen and oxygen atoms in total. The fraction of sp³-hybridized carbons (Fsp3) is 0.0333. The summed E-state index contributed by atoms with van der Waals surface area (Å²) in [7, 11) is 0. The van der Waals surface area contributed by atoms with Crippen molar-refractivity contribution in [3.8, 4) is 5.75 Å². The number of hydrogen-bond donors (Lipinski definition) is 1. The van der Waals surface area contributed by atoms with Crippen molar-refractivity contribution in [2.24, 2.45) is 4.99 Å². The van der Waals surface area contributed by atoms with Crippen molar-refractivity contribution in [3.63, 3.8) is 0 Å². The number of halogens is 4. The maximum absolute atomic E-state index is 13.5. The summed E-state index contributed by atoms with van der Waals surface area (Å²) in [5.41, 5.74) is 2.55. The molecule has 1 aliphatic heterocycles. The van der Waals surface area contributed by atoms with Gasteiger partial charge in [-0.1, -0.05) is 52.5 Å². The van der Waals surface area contributed by atoms with Crippen LogP contribution in [0.4, 0.5) is 17.1 Å². The molecule has 4 aromatic carbocycles. The Morgan fingerprint density at radius 2 is 1.46 bits per heavy atom. The molecule has 4 aromatic rings. The lowest BCUT2D eigenvalue weighted by Crippen LogP contribution is -2.28. The minimum absolute atomic E-state index is 0.238. The van der Waals surface area contributed by atoms with Gasteiger partial charge in [0, 0.05) is 20.8 Å². The van der Waals surface area contributed by atoms with Gasteiger partial charge in [-0.05, 0) is 108 Å². The van der Waals surface area contributed by atoms with Gasteiger partial charge in [0.15, 0.2) is 11.8 Å². The zero-order chi connectivity index (χ0) is 28.9. The van der Waals surface area contributed by atoms with E-state index in [1.807, 2.05) is 0 Å². The Morgan fingerprint density at radius 3 is 2.10 bits per heavy atom. The second-order valence-electron chi connectivity index (χ2n) is 8.63. The molecular weight excluding hydrogens is 624 g/mol. The van der Waals surface area contributed by atoms with E-state index in [4.69, 9.17) is 56.1 Å². The van der Waals surface area contributed by atoms with E-state index in [9.17, 15) is 9.59 Å². The van der Waals surface area contributed by atoms with E-state index in [1.54, 1.807) is 97.1 Å². The lowest BCUT2D eigenvalue weighted by molar-refractivity contribution is -0.118. The Labute approximate surface area is 260 Å². The van der Waals surface area contributed by atoms with E-state index in [2.05, 4.69) is 5.32 Å². The number of nitrogens with one attached hydrogen (secondary N) is 1. The number of rotatable bonds is 7. The van der Waals surface area contributed by atoms with Crippen LogP contribution in [-0.4, -0.2) is 23.6 Å². The fourth-order valence-corrected chi connectivity index (χ4v) is 5.36. The third-order valence-corrected chi connectivity index (χ3v) is 7.70. The number of aliphatic imine (C=N–C) groups is 1. The molecule has 0 radical (unpaired) electrons. The Balaban J connectivity index is 1.34. The van der Waals surface area contributed by atoms with Crippen LogP contribution >= 0.6 is 58.2 Å². The quantitative estimate of drug-likeness (QED) is 0.204. The number of ether oxygens (including phenoxy) is 1. The largest absolute Gasteiger partial charge is 0.482 e. The molecule has 1 N–H and O–H groups in total. The lowest BCUT2D eigenvalue weighted by Gasteiger charge is -2.15. The number of hydrogen-bond acceptors (Lipinski definition) is 5. The van der Waals surface area contributed by atoms with Gasteiger partial charge in [0.1, 0.15) is 5.75 Å². The first-order valence-corrected chi connectivity index (χ1v) is 14.4. The van der Waals surface area contributed by atoms with E-state index in [0.29, 0.717) is 58.5 Å². The number of thioether (sulfide) groups is 1. The molecule has 0 aliphatic carbocycles. The zero-order valence-corrected chi connectivity index (χ0v) is 24.8. The van der Waals surface area contributed by atoms with Crippen molar-refractivity contribution in [2.75, 3.05) is 16.8 Å². The van der Waals surface area contributed by atoms with E-state index < -0.39 is 0 Å². The van der Waals surface area contributed by atoms with Gasteiger partial charge >= 0.3 is 0 Å². The Bertz CT molecular complexity index is 1660. The van der Waals surface area contributed by atoms with Crippen LogP contribution in [0.5, 0.6) is 5.75 Å². The normalized spacial score (nSPS) is 15.0. The number of amidine groups is 1. The van der Waals surface area contributed by atoms with Crippen molar-refractivity contribution in [1.82, 2.24) is 0 Å². The van der Waals surface area contributed by atoms with Gasteiger partial charge in [0.05, 0.1) is 21.3 Å². The molecule has 0 unspecified atom stereocenters. The molecule has 1 fully saturated rings. The highest BCUT2D eigenvalue weighted by molar-refractivity contribution is 8.19. The van der Waals surface area contributed by atoms with Gasteiger partial charge in [0.2, 0.25) is 0 Å². The molecule has 1 aliphatic rings. The lowest BCUT2D eigenvalue weighted by atomic mass is 10.2. The average Bonchev–Trinajstić information content (AvgIpc) is 3.25. The maximum atomic E-state index is 13.5. The van der Waals surface area contributed by atoms with Gasteiger partial charge < -0.3 is 10.1 Å². The average molecular weight is 643 g/mol. The molecule has 0 atom stereocenters. The van der Waals surface area contributed by atoms with Crippen LogP contribution in [0.2, 0.25) is 20.1 Å². The first kappa shape index (κ1) is 29.0. The summed E-state index contributed by atoms with van der Waals surface area (Å²) >= 11 is 25.6.